The molecule has 3 heterocycles. The zero-order chi connectivity index (χ0) is 21.5. The lowest BCUT2D eigenvalue weighted by Crippen LogP contribution is -2.42. The van der Waals surface area contributed by atoms with Crippen LogP contribution in [0, 0.1) is 5.92 Å². The average Bonchev–Trinajstić information content (AvgIpc) is 2.82. The van der Waals surface area contributed by atoms with Gasteiger partial charge in [0.25, 0.3) is 5.91 Å². The van der Waals surface area contributed by atoms with E-state index in [9.17, 15) is 9.90 Å². The first-order valence-electron chi connectivity index (χ1n) is 11.3. The fraction of sp³-hybridized carbons (Fsp3) is 0.500. The number of carbonyl (C=O) groups is 1. The van der Waals surface area contributed by atoms with Crippen LogP contribution in [0.1, 0.15) is 34.3 Å². The third-order valence-corrected chi connectivity index (χ3v) is 6.23. The summed E-state index contributed by atoms with van der Waals surface area (Å²) in [7, 11) is 0. The molecule has 31 heavy (non-hydrogen) atoms. The Hall–Kier alpha value is -2.48. The highest BCUT2D eigenvalue weighted by atomic mass is 16.3. The number of amides is 1. The maximum absolute atomic E-state index is 12.6. The van der Waals surface area contributed by atoms with Crippen molar-refractivity contribution >= 4 is 11.7 Å². The number of anilines is 1. The second-order valence-electron chi connectivity index (χ2n) is 8.62. The van der Waals surface area contributed by atoms with Gasteiger partial charge in [-0.3, -0.25) is 9.69 Å². The van der Waals surface area contributed by atoms with Crippen LogP contribution < -0.4 is 16.0 Å². The standard InChI is InChI=1S/C24H33N5O2/c30-22(17-29-12-8-19-3-1-2-4-21(19)16-29)15-28-24(31)20-7-11-26-23(13-20)27-14-18-5-9-25-10-6-18/h1-4,7,11,13,18,22,25,30H,5-6,8-10,12,14-17H2,(H,26,27)(H,28,31)/t22-/m0/s1. The topological polar surface area (TPSA) is 89.5 Å². The highest BCUT2D eigenvalue weighted by Crippen LogP contribution is 2.18. The largest absolute Gasteiger partial charge is 0.390 e. The number of nitrogens with one attached hydrogen (secondary N) is 3. The number of fused-ring (bicyclic) bond motifs is 1. The molecule has 4 rings (SSSR count). The Kier molecular flexibility index (Phi) is 7.51. The molecule has 1 amide bonds. The fourth-order valence-electron chi connectivity index (χ4n) is 4.39. The van der Waals surface area contributed by atoms with Crippen LogP contribution >= 0.6 is 0 Å². The predicted octanol–water partition coefficient (Wildman–Crippen LogP) is 1.64. The molecule has 0 spiro atoms. The smallest absolute Gasteiger partial charge is 0.251 e. The number of piperidine rings is 1. The first-order chi connectivity index (χ1) is 15.2. The van der Waals surface area contributed by atoms with E-state index in [4.69, 9.17) is 0 Å². The molecule has 0 bridgehead atoms. The highest BCUT2D eigenvalue weighted by Gasteiger charge is 2.19. The summed E-state index contributed by atoms with van der Waals surface area (Å²) in [6.07, 6.45) is 4.37. The third kappa shape index (κ3) is 6.26. The molecular weight excluding hydrogens is 390 g/mol. The minimum absolute atomic E-state index is 0.185. The van der Waals surface area contributed by atoms with E-state index in [1.807, 2.05) is 0 Å². The molecule has 4 N–H and O–H groups in total. The average molecular weight is 424 g/mol. The zero-order valence-electron chi connectivity index (χ0n) is 18.0. The van der Waals surface area contributed by atoms with Crippen LogP contribution in [0.25, 0.3) is 0 Å². The van der Waals surface area contributed by atoms with Gasteiger partial charge in [-0.1, -0.05) is 24.3 Å². The number of aliphatic hydroxyl groups excluding tert-OH is 1. The lowest BCUT2D eigenvalue weighted by molar-refractivity contribution is 0.0842. The number of nitrogens with zero attached hydrogens (tertiary/aromatic N) is 2. The second kappa shape index (κ2) is 10.7. The number of benzene rings is 1. The number of aliphatic hydroxyl groups is 1. The molecular formula is C24H33N5O2. The Balaban J connectivity index is 1.22. The van der Waals surface area contributed by atoms with E-state index >= 15 is 0 Å². The molecule has 1 fully saturated rings. The van der Waals surface area contributed by atoms with Gasteiger partial charge in [0, 0.05) is 44.5 Å². The van der Waals surface area contributed by atoms with Crippen LogP contribution in [-0.4, -0.2) is 66.3 Å². The van der Waals surface area contributed by atoms with Gasteiger partial charge in [0.1, 0.15) is 5.82 Å². The van der Waals surface area contributed by atoms with E-state index < -0.39 is 6.10 Å². The van der Waals surface area contributed by atoms with Crippen molar-refractivity contribution in [2.45, 2.75) is 31.9 Å². The maximum atomic E-state index is 12.6. The van der Waals surface area contributed by atoms with Gasteiger partial charge >= 0.3 is 0 Å². The van der Waals surface area contributed by atoms with Gasteiger partial charge in [0.2, 0.25) is 0 Å². The van der Waals surface area contributed by atoms with Crippen LogP contribution in [0.5, 0.6) is 0 Å². The number of hydrogen-bond donors (Lipinski definition) is 4. The van der Waals surface area contributed by atoms with E-state index in [1.54, 1.807) is 18.3 Å². The number of pyridine rings is 1. The number of carbonyl (C=O) groups excluding carboxylic acids is 1. The Morgan fingerprint density at radius 1 is 1.23 bits per heavy atom. The Morgan fingerprint density at radius 3 is 2.87 bits per heavy atom. The molecule has 0 unspecified atom stereocenters. The minimum atomic E-state index is -0.603. The number of hydrogen-bond acceptors (Lipinski definition) is 6. The molecule has 2 aliphatic rings. The van der Waals surface area contributed by atoms with E-state index in [-0.39, 0.29) is 12.5 Å². The monoisotopic (exact) mass is 423 g/mol. The van der Waals surface area contributed by atoms with Crippen molar-refractivity contribution in [1.82, 2.24) is 20.5 Å². The van der Waals surface area contributed by atoms with Gasteiger partial charge in [-0.05, 0) is 61.5 Å². The molecule has 1 atom stereocenters. The summed E-state index contributed by atoms with van der Waals surface area (Å²) in [5.41, 5.74) is 3.27. The van der Waals surface area contributed by atoms with Gasteiger partial charge in [-0.15, -0.1) is 0 Å². The minimum Gasteiger partial charge on any atom is -0.390 e. The van der Waals surface area contributed by atoms with Crippen LogP contribution in [0.4, 0.5) is 5.82 Å². The number of aromatic nitrogens is 1. The Bertz CT molecular complexity index is 869. The van der Waals surface area contributed by atoms with Crippen molar-refractivity contribution in [1.29, 1.82) is 0 Å². The SMILES string of the molecule is O=C(NC[C@H](O)CN1CCc2ccccc2C1)c1ccnc(NCC2CCNCC2)c1. The van der Waals surface area contributed by atoms with Gasteiger partial charge in [0.15, 0.2) is 0 Å². The summed E-state index contributed by atoms with van der Waals surface area (Å²) in [4.78, 5) is 19.1. The van der Waals surface area contributed by atoms with Crippen molar-refractivity contribution in [3.63, 3.8) is 0 Å². The van der Waals surface area contributed by atoms with Crippen LogP contribution in [0.2, 0.25) is 0 Å². The van der Waals surface area contributed by atoms with E-state index in [1.165, 1.54) is 11.1 Å². The van der Waals surface area contributed by atoms with Gasteiger partial charge < -0.3 is 21.1 Å². The molecule has 0 saturated carbocycles. The fourth-order valence-corrected chi connectivity index (χ4v) is 4.39. The lowest BCUT2D eigenvalue weighted by Gasteiger charge is -2.30. The van der Waals surface area contributed by atoms with Crippen molar-refractivity contribution in [2.75, 3.05) is 44.6 Å². The molecule has 7 nitrogen and oxygen atoms in total. The molecule has 7 heteroatoms. The summed E-state index contributed by atoms with van der Waals surface area (Å²) in [5.74, 6) is 1.17. The van der Waals surface area contributed by atoms with Crippen molar-refractivity contribution in [2.24, 2.45) is 5.92 Å². The molecule has 1 aromatic heterocycles. The summed E-state index contributed by atoms with van der Waals surface area (Å²) < 4.78 is 0. The van der Waals surface area contributed by atoms with Gasteiger partial charge in [0.05, 0.1) is 6.10 Å². The van der Waals surface area contributed by atoms with Crippen molar-refractivity contribution < 1.29 is 9.90 Å². The van der Waals surface area contributed by atoms with Crippen molar-refractivity contribution in [3.05, 3.63) is 59.3 Å². The summed E-state index contributed by atoms with van der Waals surface area (Å²) in [6, 6.07) is 11.9. The van der Waals surface area contributed by atoms with E-state index in [2.05, 4.69) is 50.1 Å². The van der Waals surface area contributed by atoms with Crippen LogP contribution in [0.3, 0.4) is 0 Å². The molecule has 2 aliphatic heterocycles. The molecule has 0 radical (unpaired) electrons. The quantitative estimate of drug-likeness (QED) is 0.516. The Morgan fingerprint density at radius 2 is 2.03 bits per heavy atom. The molecule has 1 saturated heterocycles. The first kappa shape index (κ1) is 21.7. The lowest BCUT2D eigenvalue weighted by atomic mass is 9.98. The Labute approximate surface area is 184 Å². The normalized spacial score (nSPS) is 18.2. The molecule has 1 aromatic carbocycles. The van der Waals surface area contributed by atoms with Crippen LogP contribution in [-0.2, 0) is 13.0 Å². The van der Waals surface area contributed by atoms with E-state index in [0.717, 1.165) is 57.8 Å². The molecule has 166 valence electrons. The second-order valence-corrected chi connectivity index (χ2v) is 8.62. The summed E-state index contributed by atoms with van der Waals surface area (Å²) >= 11 is 0. The molecule has 0 aliphatic carbocycles. The van der Waals surface area contributed by atoms with Crippen LogP contribution in [0.15, 0.2) is 42.6 Å². The highest BCUT2D eigenvalue weighted by molar-refractivity contribution is 5.94. The number of β-amino-alcohol motifs (C(OH)–C–C–N with tert-alkyl or cyclic N) is 1. The zero-order valence-corrected chi connectivity index (χ0v) is 18.0. The summed E-state index contributed by atoms with van der Waals surface area (Å²) in [5, 5.41) is 20.0. The predicted molar refractivity (Wildman–Crippen MR) is 122 cm³/mol. The van der Waals surface area contributed by atoms with Gasteiger partial charge in [-0.2, -0.15) is 0 Å². The first-order valence-corrected chi connectivity index (χ1v) is 11.3. The van der Waals surface area contributed by atoms with Crippen molar-refractivity contribution in [3.8, 4) is 0 Å². The molecule has 2 aromatic rings. The third-order valence-electron chi connectivity index (χ3n) is 6.23. The van der Waals surface area contributed by atoms with Gasteiger partial charge in [-0.25, -0.2) is 4.98 Å². The summed E-state index contributed by atoms with van der Waals surface area (Å²) in [6.45, 7) is 5.56. The number of rotatable bonds is 8. The maximum Gasteiger partial charge on any atom is 0.251 e. The van der Waals surface area contributed by atoms with E-state index in [0.29, 0.717) is 18.0 Å².